The lowest BCUT2D eigenvalue weighted by molar-refractivity contribution is -0.149. The molecule has 1 unspecified atom stereocenters. The van der Waals surface area contributed by atoms with E-state index in [0.29, 0.717) is 29.8 Å². The molecule has 2 heterocycles. The van der Waals surface area contributed by atoms with Crippen LogP contribution in [0.25, 0.3) is 0 Å². The van der Waals surface area contributed by atoms with Gasteiger partial charge < -0.3 is 14.9 Å². The summed E-state index contributed by atoms with van der Waals surface area (Å²) < 4.78 is 0. The number of benzene rings is 3. The van der Waals surface area contributed by atoms with E-state index < -0.39 is 30.0 Å². The number of carboxylic acids is 1. The topological polar surface area (TPSA) is 81.2 Å². The molecule has 3 aromatic carbocycles. The molecule has 7 heteroatoms. The molecule has 0 radical (unpaired) electrons. The molecule has 3 amide bonds. The minimum absolute atomic E-state index is 0.126. The van der Waals surface area contributed by atoms with E-state index in [9.17, 15) is 19.5 Å². The summed E-state index contributed by atoms with van der Waals surface area (Å²) in [6, 6.07) is 24.9. The van der Waals surface area contributed by atoms with Crippen LogP contribution in [0.2, 0.25) is 0 Å². The number of nitrogens with zero attached hydrogens (tertiary/aromatic N) is 3. The van der Waals surface area contributed by atoms with Crippen molar-refractivity contribution < 1.29 is 19.5 Å². The third-order valence-corrected chi connectivity index (χ3v) is 6.69. The number of carboxylic acid groups (broad SMARTS) is 1. The lowest BCUT2D eigenvalue weighted by Gasteiger charge is -2.45. The second-order valence-electron chi connectivity index (χ2n) is 8.85. The number of para-hydroxylation sites is 2. The van der Waals surface area contributed by atoms with Gasteiger partial charge in [0, 0.05) is 18.0 Å². The van der Waals surface area contributed by atoms with Gasteiger partial charge in [-0.25, -0.2) is 9.59 Å². The number of carbonyl (C=O) groups excluding carboxylic acids is 2. The van der Waals surface area contributed by atoms with E-state index in [1.165, 1.54) is 9.80 Å². The predicted octanol–water partition coefficient (Wildman–Crippen LogP) is 4.12. The summed E-state index contributed by atoms with van der Waals surface area (Å²) in [7, 11) is 0. The van der Waals surface area contributed by atoms with Crippen LogP contribution in [-0.2, 0) is 9.59 Å². The lowest BCUT2D eigenvalue weighted by atomic mass is 10.0. The Kier molecular flexibility index (Phi) is 6.42. The maximum atomic E-state index is 14.0. The Balaban J connectivity index is 1.46. The smallest absolute Gasteiger partial charge is 0.329 e. The van der Waals surface area contributed by atoms with E-state index in [2.05, 4.69) is 11.8 Å². The third kappa shape index (κ3) is 4.41. The fraction of sp³-hybridized carbons (Fsp3) is 0.207. The number of aliphatic carboxylic acids is 1. The number of likely N-dealkylation sites (tertiary alicyclic amines) is 1. The minimum Gasteiger partial charge on any atom is -0.480 e. The van der Waals surface area contributed by atoms with Crippen molar-refractivity contribution in [3.05, 3.63) is 96.6 Å². The van der Waals surface area contributed by atoms with Crippen LogP contribution >= 0.6 is 0 Å². The molecule has 2 aliphatic heterocycles. The highest BCUT2D eigenvalue weighted by atomic mass is 16.4. The van der Waals surface area contributed by atoms with Gasteiger partial charge in [-0.05, 0) is 49.2 Å². The van der Waals surface area contributed by atoms with Gasteiger partial charge in [0.25, 0.3) is 5.91 Å². The zero-order valence-corrected chi connectivity index (χ0v) is 19.5. The Bertz CT molecular complexity index is 1280. The molecule has 5 rings (SSSR count). The number of amides is 3. The van der Waals surface area contributed by atoms with Crippen molar-refractivity contribution in [3.63, 3.8) is 0 Å². The van der Waals surface area contributed by atoms with Crippen LogP contribution < -0.4 is 4.90 Å². The molecule has 180 valence electrons. The van der Waals surface area contributed by atoms with Crippen molar-refractivity contribution in [3.8, 4) is 11.8 Å². The molecular formula is C29H25N3O4. The first-order chi connectivity index (χ1) is 17.5. The Hall–Kier alpha value is -4.57. The summed E-state index contributed by atoms with van der Waals surface area (Å²) in [5, 5.41) is 10.2. The largest absolute Gasteiger partial charge is 0.480 e. The number of hydrogen-bond donors (Lipinski definition) is 1. The Labute approximate surface area is 209 Å². The monoisotopic (exact) mass is 479 g/mol. The zero-order chi connectivity index (χ0) is 25.1. The summed E-state index contributed by atoms with van der Waals surface area (Å²) in [4.78, 5) is 44.1. The first kappa shape index (κ1) is 23.2. The highest BCUT2D eigenvalue weighted by Gasteiger charge is 2.53. The zero-order valence-electron chi connectivity index (χ0n) is 19.5. The molecule has 2 aliphatic rings. The number of piperazine rings is 1. The van der Waals surface area contributed by atoms with Gasteiger partial charge in [0.15, 0.2) is 6.04 Å². The van der Waals surface area contributed by atoms with Gasteiger partial charge in [-0.3, -0.25) is 9.69 Å². The molecule has 3 aromatic rings. The van der Waals surface area contributed by atoms with Gasteiger partial charge in [-0.15, -0.1) is 0 Å². The van der Waals surface area contributed by atoms with Crippen LogP contribution in [0.15, 0.2) is 91.0 Å². The van der Waals surface area contributed by atoms with E-state index >= 15 is 0 Å². The first-order valence-corrected chi connectivity index (χ1v) is 11.9. The number of carbonyl (C=O) groups is 3. The summed E-state index contributed by atoms with van der Waals surface area (Å²) >= 11 is 0. The summed E-state index contributed by atoms with van der Waals surface area (Å²) in [6.07, 6.45) is 1.12. The average Bonchev–Trinajstić information content (AvgIpc) is 3.21. The molecule has 0 spiro atoms. The maximum absolute atomic E-state index is 14.0. The van der Waals surface area contributed by atoms with Crippen molar-refractivity contribution in [1.82, 2.24) is 9.80 Å². The highest BCUT2D eigenvalue weighted by molar-refractivity contribution is 6.02. The number of hydrogen-bond acceptors (Lipinski definition) is 3. The van der Waals surface area contributed by atoms with Gasteiger partial charge in [0.1, 0.15) is 0 Å². The van der Waals surface area contributed by atoms with Crippen molar-refractivity contribution in [1.29, 1.82) is 0 Å². The normalized spacial score (nSPS) is 20.3. The Morgan fingerprint density at radius 2 is 1.36 bits per heavy atom. The van der Waals surface area contributed by atoms with Gasteiger partial charge in [0.2, 0.25) is 0 Å². The van der Waals surface area contributed by atoms with Crippen molar-refractivity contribution in [2.45, 2.75) is 31.0 Å². The molecule has 0 saturated carbocycles. The standard InChI is InChI=1S/C29H25N3O4/c33-26(19-16-21-10-4-1-5-11-21)32-24-17-18-25(32)27(28(34)35)30(20-24)29(36)31(22-12-6-2-7-13-22)23-14-8-3-9-15-23/h1-15,24-25,27H,17-18,20H2,(H,34,35)/t24?,25-,27+/m1/s1. The molecule has 0 aliphatic carbocycles. The summed E-state index contributed by atoms with van der Waals surface area (Å²) in [6.45, 7) is 0.126. The fourth-order valence-electron chi connectivity index (χ4n) is 5.13. The minimum atomic E-state index is -1.17. The summed E-state index contributed by atoms with van der Waals surface area (Å²) in [5.74, 6) is 4.01. The molecular weight excluding hydrogens is 454 g/mol. The molecule has 3 atom stereocenters. The van der Waals surface area contributed by atoms with Gasteiger partial charge in [-0.1, -0.05) is 60.5 Å². The third-order valence-electron chi connectivity index (χ3n) is 6.69. The van der Waals surface area contributed by atoms with E-state index in [4.69, 9.17) is 0 Å². The van der Waals surface area contributed by atoms with Crippen LogP contribution in [0.1, 0.15) is 18.4 Å². The fourth-order valence-corrected chi connectivity index (χ4v) is 5.13. The molecule has 7 nitrogen and oxygen atoms in total. The van der Waals surface area contributed by atoms with Gasteiger partial charge in [0.05, 0.1) is 23.5 Å². The van der Waals surface area contributed by atoms with E-state index in [1.54, 1.807) is 4.90 Å². The van der Waals surface area contributed by atoms with Crippen molar-refractivity contribution in [2.24, 2.45) is 0 Å². The van der Waals surface area contributed by atoms with Crippen molar-refractivity contribution >= 4 is 29.3 Å². The predicted molar refractivity (Wildman–Crippen MR) is 136 cm³/mol. The quantitative estimate of drug-likeness (QED) is 0.573. The number of anilines is 2. The van der Waals surface area contributed by atoms with E-state index in [-0.39, 0.29) is 12.6 Å². The number of rotatable bonds is 3. The van der Waals surface area contributed by atoms with Crippen LogP contribution in [0.3, 0.4) is 0 Å². The molecule has 2 bridgehead atoms. The van der Waals surface area contributed by atoms with Crippen LogP contribution in [0, 0.1) is 11.8 Å². The van der Waals surface area contributed by atoms with Crippen LogP contribution in [-0.4, -0.2) is 57.5 Å². The molecule has 2 fully saturated rings. The molecule has 0 aromatic heterocycles. The molecule has 2 saturated heterocycles. The van der Waals surface area contributed by atoms with Gasteiger partial charge in [-0.2, -0.15) is 0 Å². The Morgan fingerprint density at radius 3 is 1.92 bits per heavy atom. The second-order valence-corrected chi connectivity index (χ2v) is 8.85. The van der Waals surface area contributed by atoms with Crippen molar-refractivity contribution in [2.75, 3.05) is 11.4 Å². The Morgan fingerprint density at radius 1 is 0.806 bits per heavy atom. The number of fused-ring (bicyclic) bond motifs is 2. The average molecular weight is 480 g/mol. The second kappa shape index (κ2) is 9.96. The van der Waals surface area contributed by atoms with E-state index in [0.717, 1.165) is 0 Å². The number of urea groups is 1. The maximum Gasteiger partial charge on any atom is 0.329 e. The van der Waals surface area contributed by atoms with E-state index in [1.807, 2.05) is 91.0 Å². The molecule has 1 N–H and O–H groups in total. The first-order valence-electron chi connectivity index (χ1n) is 11.9. The highest BCUT2D eigenvalue weighted by Crippen LogP contribution is 2.37. The summed E-state index contributed by atoms with van der Waals surface area (Å²) in [5.41, 5.74) is 1.98. The SMILES string of the molecule is O=C(O)[C@@H]1[C@H]2CCC(CN1C(=O)N(c1ccccc1)c1ccccc1)N2C(=O)C#Cc1ccccc1. The lowest BCUT2D eigenvalue weighted by Crippen LogP contribution is -2.66. The van der Waals surface area contributed by atoms with Crippen LogP contribution in [0.4, 0.5) is 16.2 Å². The van der Waals surface area contributed by atoms with Crippen LogP contribution in [0.5, 0.6) is 0 Å². The van der Waals surface area contributed by atoms with Gasteiger partial charge >= 0.3 is 12.0 Å². The molecule has 36 heavy (non-hydrogen) atoms.